The summed E-state index contributed by atoms with van der Waals surface area (Å²) in [6.07, 6.45) is 9.26. The molecule has 0 saturated heterocycles. The molecule has 2 fully saturated rings. The summed E-state index contributed by atoms with van der Waals surface area (Å²) >= 11 is 5.80. The summed E-state index contributed by atoms with van der Waals surface area (Å²) in [7, 11) is 0. The maximum absolute atomic E-state index is 13.0. The summed E-state index contributed by atoms with van der Waals surface area (Å²) in [5, 5.41) is 17.0. The molecule has 2 aliphatic carbocycles. The Morgan fingerprint density at radius 1 is 1.25 bits per heavy atom. The molecule has 4 heterocycles. The number of carbonyl (C=O) groups excluding carboxylic acids is 1. The van der Waals surface area contributed by atoms with Crippen molar-refractivity contribution in [2.75, 3.05) is 13.1 Å². The van der Waals surface area contributed by atoms with Gasteiger partial charge >= 0.3 is 0 Å². The lowest BCUT2D eigenvalue weighted by molar-refractivity contribution is -0.124. The van der Waals surface area contributed by atoms with Gasteiger partial charge < -0.3 is 10.2 Å². The summed E-state index contributed by atoms with van der Waals surface area (Å²) in [6.45, 7) is 10.1. The van der Waals surface area contributed by atoms with E-state index in [0.717, 1.165) is 31.3 Å². The van der Waals surface area contributed by atoms with E-state index in [1.54, 1.807) is 10.7 Å². The molecule has 1 N–H and O–H groups in total. The van der Waals surface area contributed by atoms with Crippen LogP contribution in [-0.4, -0.2) is 44.9 Å². The van der Waals surface area contributed by atoms with Crippen molar-refractivity contribution in [2.24, 2.45) is 27.5 Å². The van der Waals surface area contributed by atoms with Gasteiger partial charge in [0.1, 0.15) is 10.9 Å². The number of carbonyl (C=O) groups is 1. The van der Waals surface area contributed by atoms with Gasteiger partial charge in [-0.15, -0.1) is 5.10 Å². The lowest BCUT2D eigenvalue weighted by Crippen LogP contribution is -2.43. The SMILES string of the molecule is CCC(C)=CNC1=C(C)CN(C(=O)C2=NN=C(C3(C)CC3)C3CC23)CC1.Clc1cccc2ccnn12. The Balaban J connectivity index is 0.000000222. The lowest BCUT2D eigenvalue weighted by atomic mass is 9.95. The fraction of sp³-hybridized carbons (Fsp3) is 0.500. The molecule has 4 aliphatic rings. The van der Waals surface area contributed by atoms with Crippen molar-refractivity contribution < 1.29 is 4.79 Å². The van der Waals surface area contributed by atoms with Gasteiger partial charge in [0, 0.05) is 42.5 Å². The van der Waals surface area contributed by atoms with E-state index >= 15 is 0 Å². The van der Waals surface area contributed by atoms with Crippen LogP contribution in [0.25, 0.3) is 5.52 Å². The number of fused-ring (bicyclic) bond motifs is 2. The van der Waals surface area contributed by atoms with E-state index in [2.05, 4.69) is 54.5 Å². The molecule has 7 nitrogen and oxygen atoms in total. The number of aromatic nitrogens is 2. The molecule has 6 rings (SSSR count). The van der Waals surface area contributed by atoms with Crippen LogP contribution >= 0.6 is 11.6 Å². The van der Waals surface area contributed by atoms with Gasteiger partial charge in [-0.2, -0.15) is 10.2 Å². The number of hydrogen-bond acceptors (Lipinski definition) is 5. The Hall–Kier alpha value is -2.93. The zero-order chi connectivity index (χ0) is 25.4. The highest BCUT2D eigenvalue weighted by Crippen LogP contribution is 2.56. The van der Waals surface area contributed by atoms with Crippen molar-refractivity contribution in [3.63, 3.8) is 0 Å². The summed E-state index contributed by atoms with van der Waals surface area (Å²) in [5.74, 6) is 0.908. The smallest absolute Gasteiger partial charge is 0.270 e. The Kier molecular flexibility index (Phi) is 6.77. The Labute approximate surface area is 218 Å². The predicted molar refractivity (Wildman–Crippen MR) is 145 cm³/mol. The molecule has 8 heteroatoms. The molecule has 1 amide bonds. The normalized spacial score (nSPS) is 24.4. The van der Waals surface area contributed by atoms with Crippen molar-refractivity contribution in [1.29, 1.82) is 0 Å². The third-order valence-electron chi connectivity index (χ3n) is 7.88. The fourth-order valence-corrected chi connectivity index (χ4v) is 5.16. The average molecular weight is 507 g/mol. The number of amides is 1. The molecule has 190 valence electrons. The van der Waals surface area contributed by atoms with Crippen LogP contribution in [0.4, 0.5) is 0 Å². The van der Waals surface area contributed by atoms with Crippen LogP contribution in [0.1, 0.15) is 59.8 Å². The summed E-state index contributed by atoms with van der Waals surface area (Å²) in [4.78, 5) is 14.9. The van der Waals surface area contributed by atoms with Gasteiger partial charge in [-0.25, -0.2) is 4.52 Å². The average Bonchev–Trinajstić information content (AvgIpc) is 3.78. The Bertz CT molecular complexity index is 1300. The number of nitrogens with zero attached hydrogens (tertiary/aromatic N) is 5. The standard InChI is InChI=1S/C21H30N4O.C7H5ClN2/c1-5-13(2)11-22-17-6-9-25(12-14(17)3)20(26)18-15-10-16(15)19(24-23-18)21(4)7-8-21;8-7-3-1-2-6-4-5-9-10(6)7/h11,15-16,22H,5-10,12H2,1-4H3;1-5H. The Morgan fingerprint density at radius 2 is 2.06 bits per heavy atom. The number of pyridine rings is 1. The van der Waals surface area contributed by atoms with Crippen LogP contribution < -0.4 is 5.32 Å². The molecule has 2 saturated carbocycles. The minimum atomic E-state index is 0.0972. The van der Waals surface area contributed by atoms with Crippen molar-refractivity contribution in [2.45, 2.75) is 59.8 Å². The van der Waals surface area contributed by atoms with Crippen LogP contribution in [0.3, 0.4) is 0 Å². The fourth-order valence-electron chi connectivity index (χ4n) is 4.95. The lowest BCUT2D eigenvalue weighted by Gasteiger charge is -2.30. The van der Waals surface area contributed by atoms with Crippen LogP contribution in [0.15, 0.2) is 63.7 Å². The van der Waals surface area contributed by atoms with Crippen LogP contribution in [0.2, 0.25) is 5.15 Å². The summed E-state index contributed by atoms with van der Waals surface area (Å²) in [5.41, 5.74) is 7.09. The van der Waals surface area contributed by atoms with Gasteiger partial charge in [0.15, 0.2) is 0 Å². The molecule has 2 atom stereocenters. The van der Waals surface area contributed by atoms with E-state index in [9.17, 15) is 4.79 Å². The predicted octanol–water partition coefficient (Wildman–Crippen LogP) is 5.63. The zero-order valence-corrected chi connectivity index (χ0v) is 22.3. The van der Waals surface area contributed by atoms with Gasteiger partial charge in [0.25, 0.3) is 5.91 Å². The van der Waals surface area contributed by atoms with E-state index in [1.807, 2.05) is 29.2 Å². The highest BCUT2D eigenvalue weighted by atomic mass is 35.5. The minimum Gasteiger partial charge on any atom is -0.365 e. The van der Waals surface area contributed by atoms with Crippen LogP contribution in [0.5, 0.6) is 0 Å². The maximum atomic E-state index is 13.0. The van der Waals surface area contributed by atoms with Crippen LogP contribution in [0, 0.1) is 17.3 Å². The summed E-state index contributed by atoms with van der Waals surface area (Å²) in [6, 6.07) is 7.58. The molecule has 2 unspecified atom stereocenters. The summed E-state index contributed by atoms with van der Waals surface area (Å²) < 4.78 is 1.68. The minimum absolute atomic E-state index is 0.0972. The van der Waals surface area contributed by atoms with Gasteiger partial charge in [-0.05, 0) is 69.5 Å². The van der Waals surface area contributed by atoms with Crippen molar-refractivity contribution in [1.82, 2.24) is 19.8 Å². The highest BCUT2D eigenvalue weighted by molar-refractivity contribution is 6.41. The topological polar surface area (TPSA) is 74.4 Å². The number of nitrogens with one attached hydrogen (secondary N) is 1. The molecule has 2 aliphatic heterocycles. The Morgan fingerprint density at radius 3 is 2.75 bits per heavy atom. The first-order valence-corrected chi connectivity index (χ1v) is 13.3. The van der Waals surface area contributed by atoms with Gasteiger partial charge in [0.05, 0.1) is 17.4 Å². The number of halogens is 1. The van der Waals surface area contributed by atoms with Crippen molar-refractivity contribution >= 4 is 34.4 Å². The quantitative estimate of drug-likeness (QED) is 0.534. The third kappa shape index (κ3) is 4.99. The second kappa shape index (κ2) is 9.85. The number of allylic oxidation sites excluding steroid dienone is 1. The molecule has 36 heavy (non-hydrogen) atoms. The molecule has 2 aromatic rings. The molecule has 2 aromatic heterocycles. The van der Waals surface area contributed by atoms with E-state index in [-0.39, 0.29) is 11.3 Å². The molecular weight excluding hydrogens is 472 g/mol. The monoisotopic (exact) mass is 506 g/mol. The largest absolute Gasteiger partial charge is 0.365 e. The second-order valence-electron chi connectivity index (χ2n) is 10.7. The first kappa shape index (κ1) is 24.8. The second-order valence-corrected chi connectivity index (χ2v) is 11.1. The maximum Gasteiger partial charge on any atom is 0.270 e. The van der Waals surface area contributed by atoms with Crippen molar-refractivity contribution in [3.8, 4) is 0 Å². The highest BCUT2D eigenvalue weighted by Gasteiger charge is 2.57. The number of rotatable bonds is 5. The van der Waals surface area contributed by atoms with E-state index in [1.165, 1.54) is 35.4 Å². The molecule has 0 radical (unpaired) electrons. The van der Waals surface area contributed by atoms with Crippen LogP contribution in [-0.2, 0) is 4.79 Å². The first-order valence-electron chi connectivity index (χ1n) is 12.9. The van der Waals surface area contributed by atoms with Crippen molar-refractivity contribution in [3.05, 3.63) is 58.7 Å². The van der Waals surface area contributed by atoms with E-state index in [4.69, 9.17) is 11.6 Å². The molecular formula is C28H35ClN6O. The molecule has 0 bridgehead atoms. The van der Waals surface area contributed by atoms with E-state index < -0.39 is 0 Å². The third-order valence-corrected chi connectivity index (χ3v) is 8.17. The van der Waals surface area contributed by atoms with E-state index in [0.29, 0.717) is 29.2 Å². The molecule has 0 aromatic carbocycles. The zero-order valence-electron chi connectivity index (χ0n) is 21.6. The van der Waals surface area contributed by atoms with Gasteiger partial charge in [0.2, 0.25) is 0 Å². The molecule has 0 spiro atoms. The van der Waals surface area contributed by atoms with Gasteiger partial charge in [-0.1, -0.05) is 37.1 Å². The first-order chi connectivity index (χ1) is 17.3. The van der Waals surface area contributed by atoms with Gasteiger partial charge in [-0.3, -0.25) is 4.79 Å². The number of hydrogen-bond donors (Lipinski definition) is 1.